The van der Waals surface area contributed by atoms with Crippen LogP contribution < -0.4 is 5.32 Å². The third kappa shape index (κ3) is 5.86. The van der Waals surface area contributed by atoms with Crippen molar-refractivity contribution in [2.75, 3.05) is 26.2 Å². The van der Waals surface area contributed by atoms with Crippen molar-refractivity contribution < 1.29 is 14.0 Å². The van der Waals surface area contributed by atoms with Crippen molar-refractivity contribution in [1.29, 1.82) is 0 Å². The molecule has 3 atom stereocenters. The molecule has 0 radical (unpaired) electrons. The summed E-state index contributed by atoms with van der Waals surface area (Å²) in [6, 6.07) is 9.33. The normalized spacial score (nSPS) is 24.2. The SMILES string of the molecule is CC(=O)NC(C)(C)[C@H]1CC2(CCN(C(=O)[C@@H]3CN(C(C)(C)C)C[C@H]3c3ccc(F)cc3I)CC2)c2cc(Cl)c(C)cc21. The van der Waals surface area contributed by atoms with Crippen molar-refractivity contribution in [3.8, 4) is 0 Å². The molecule has 1 N–H and O–H groups in total. The Bertz CT molecular complexity index is 1400. The van der Waals surface area contributed by atoms with Gasteiger partial charge in [-0.05, 0) is 129 Å². The van der Waals surface area contributed by atoms with Gasteiger partial charge in [0.15, 0.2) is 0 Å². The molecule has 1 aliphatic carbocycles. The van der Waals surface area contributed by atoms with Gasteiger partial charge in [-0.2, -0.15) is 0 Å². The van der Waals surface area contributed by atoms with E-state index in [9.17, 15) is 14.0 Å². The fourth-order valence-electron chi connectivity index (χ4n) is 7.83. The van der Waals surface area contributed by atoms with E-state index in [1.807, 2.05) is 13.0 Å². The van der Waals surface area contributed by atoms with Gasteiger partial charge in [-0.1, -0.05) is 23.7 Å². The molecule has 228 valence electrons. The van der Waals surface area contributed by atoms with E-state index in [1.165, 1.54) is 17.2 Å². The molecule has 42 heavy (non-hydrogen) atoms. The highest BCUT2D eigenvalue weighted by atomic mass is 127. The smallest absolute Gasteiger partial charge is 0.227 e. The molecular formula is C34H44ClFIN3O2. The minimum atomic E-state index is -0.406. The standard InChI is InChI=1S/C34H44ClFIN3O2/c1-20-14-24-27(16-29(20)35)34(17-28(24)33(6,7)38-21(2)41)10-12-39(13-11-34)31(42)26-19-40(32(3,4)5)18-25(26)23-9-8-22(36)15-30(23)37/h8-9,14-16,25-26,28H,10-13,17-19H2,1-7H3,(H,38,41)/t25-,26+,28-/m0/s1. The number of hydrogen-bond acceptors (Lipinski definition) is 3. The molecule has 0 unspecified atom stereocenters. The van der Waals surface area contributed by atoms with Crippen LogP contribution in [0.4, 0.5) is 4.39 Å². The van der Waals surface area contributed by atoms with Crippen LogP contribution in [-0.4, -0.2) is 58.9 Å². The number of halogens is 3. The van der Waals surface area contributed by atoms with Crippen LogP contribution >= 0.6 is 34.2 Å². The van der Waals surface area contributed by atoms with E-state index in [1.54, 1.807) is 13.0 Å². The van der Waals surface area contributed by atoms with Crippen LogP contribution in [0.2, 0.25) is 5.02 Å². The van der Waals surface area contributed by atoms with Gasteiger partial charge in [-0.25, -0.2) is 4.39 Å². The third-order valence-corrected chi connectivity index (χ3v) is 11.6. The van der Waals surface area contributed by atoms with E-state index >= 15 is 0 Å². The van der Waals surface area contributed by atoms with Crippen molar-refractivity contribution >= 4 is 46.0 Å². The fraction of sp³-hybridized carbons (Fsp3) is 0.588. The van der Waals surface area contributed by atoms with Gasteiger partial charge in [-0.3, -0.25) is 14.5 Å². The molecule has 0 saturated carbocycles. The first kappa shape index (κ1) is 31.7. The average Bonchev–Trinajstić information content (AvgIpc) is 3.45. The Hall–Kier alpha value is -1.71. The minimum Gasteiger partial charge on any atom is -0.351 e. The molecule has 0 bridgehead atoms. The number of nitrogens with zero attached hydrogens (tertiary/aromatic N) is 2. The number of benzene rings is 2. The van der Waals surface area contributed by atoms with Gasteiger partial charge in [0.1, 0.15) is 5.82 Å². The van der Waals surface area contributed by atoms with Crippen molar-refractivity contribution in [3.05, 3.63) is 67.0 Å². The molecular weight excluding hydrogens is 664 g/mol. The summed E-state index contributed by atoms with van der Waals surface area (Å²) in [5, 5.41) is 3.97. The second-order valence-corrected chi connectivity index (χ2v) is 16.0. The number of carbonyl (C=O) groups excluding carboxylic acids is 2. The Morgan fingerprint density at radius 3 is 2.31 bits per heavy atom. The van der Waals surface area contributed by atoms with Crippen molar-refractivity contribution in [1.82, 2.24) is 15.1 Å². The van der Waals surface area contributed by atoms with Crippen LogP contribution in [0.15, 0.2) is 30.3 Å². The lowest BCUT2D eigenvalue weighted by Gasteiger charge is -2.42. The fourth-order valence-corrected chi connectivity index (χ4v) is 8.87. The molecule has 2 aromatic carbocycles. The van der Waals surface area contributed by atoms with Gasteiger partial charge in [0.05, 0.1) is 5.92 Å². The van der Waals surface area contributed by atoms with Gasteiger partial charge in [-0.15, -0.1) is 0 Å². The summed E-state index contributed by atoms with van der Waals surface area (Å²) in [7, 11) is 0. The van der Waals surface area contributed by atoms with Crippen molar-refractivity contribution in [2.45, 2.75) is 96.1 Å². The van der Waals surface area contributed by atoms with Crippen LogP contribution in [-0.2, 0) is 15.0 Å². The molecule has 2 saturated heterocycles. The second kappa shape index (κ2) is 11.3. The zero-order chi connectivity index (χ0) is 30.8. The lowest BCUT2D eigenvalue weighted by Crippen LogP contribution is -2.49. The molecule has 1 spiro atoms. The van der Waals surface area contributed by atoms with Crippen LogP contribution in [0.25, 0.3) is 0 Å². The summed E-state index contributed by atoms with van der Waals surface area (Å²) >= 11 is 8.90. The summed E-state index contributed by atoms with van der Waals surface area (Å²) in [5.74, 6) is -0.0506. The number of carbonyl (C=O) groups is 2. The molecule has 2 fully saturated rings. The Morgan fingerprint density at radius 1 is 1.05 bits per heavy atom. The molecule has 2 aliphatic heterocycles. The summed E-state index contributed by atoms with van der Waals surface area (Å²) in [4.78, 5) is 30.9. The summed E-state index contributed by atoms with van der Waals surface area (Å²) in [5.41, 5.74) is 4.12. The van der Waals surface area contributed by atoms with E-state index in [4.69, 9.17) is 11.6 Å². The highest BCUT2D eigenvalue weighted by Crippen LogP contribution is 2.56. The highest BCUT2D eigenvalue weighted by Gasteiger charge is 2.52. The topological polar surface area (TPSA) is 52.7 Å². The molecule has 2 heterocycles. The van der Waals surface area contributed by atoms with Gasteiger partial charge >= 0.3 is 0 Å². The number of likely N-dealkylation sites (tertiary alicyclic amines) is 2. The summed E-state index contributed by atoms with van der Waals surface area (Å²) in [6.45, 7) is 17.3. The molecule has 2 amide bonds. The largest absolute Gasteiger partial charge is 0.351 e. The minimum absolute atomic E-state index is 0.0249. The lowest BCUT2D eigenvalue weighted by atomic mass is 9.71. The molecule has 3 aliphatic rings. The third-order valence-electron chi connectivity index (χ3n) is 10.2. The van der Waals surface area contributed by atoms with E-state index in [-0.39, 0.29) is 46.3 Å². The Labute approximate surface area is 269 Å². The molecule has 2 aromatic rings. The van der Waals surface area contributed by atoms with Crippen LogP contribution in [0, 0.1) is 22.2 Å². The Kier molecular flexibility index (Phi) is 8.56. The van der Waals surface area contributed by atoms with Gasteiger partial charge in [0.25, 0.3) is 0 Å². The highest BCUT2D eigenvalue weighted by molar-refractivity contribution is 14.1. The number of nitrogens with one attached hydrogen (secondary N) is 1. The van der Waals surface area contributed by atoms with E-state index in [0.29, 0.717) is 19.6 Å². The monoisotopic (exact) mass is 707 g/mol. The van der Waals surface area contributed by atoms with Crippen molar-refractivity contribution in [3.63, 3.8) is 0 Å². The zero-order valence-electron chi connectivity index (χ0n) is 25.9. The number of rotatable bonds is 4. The average molecular weight is 708 g/mol. The Morgan fingerprint density at radius 2 is 1.71 bits per heavy atom. The number of aryl methyl sites for hydroxylation is 1. The maximum absolute atomic E-state index is 14.3. The van der Waals surface area contributed by atoms with Crippen molar-refractivity contribution in [2.24, 2.45) is 5.92 Å². The lowest BCUT2D eigenvalue weighted by molar-refractivity contribution is -0.137. The predicted molar refractivity (Wildman–Crippen MR) is 176 cm³/mol. The maximum Gasteiger partial charge on any atom is 0.227 e. The van der Waals surface area contributed by atoms with Gasteiger partial charge in [0, 0.05) is 64.6 Å². The van der Waals surface area contributed by atoms with Crippen LogP contribution in [0.1, 0.15) is 94.9 Å². The number of fused-ring (bicyclic) bond motifs is 2. The Balaban J connectivity index is 1.40. The molecule has 8 heteroatoms. The maximum atomic E-state index is 14.3. The second-order valence-electron chi connectivity index (χ2n) is 14.4. The number of hydrogen-bond donors (Lipinski definition) is 1. The molecule has 5 nitrogen and oxygen atoms in total. The number of amides is 2. The summed E-state index contributed by atoms with van der Waals surface area (Å²) in [6.07, 6.45) is 2.66. The van der Waals surface area contributed by atoms with E-state index in [0.717, 1.165) is 45.5 Å². The van der Waals surface area contributed by atoms with Crippen LogP contribution in [0.5, 0.6) is 0 Å². The first-order valence-corrected chi connectivity index (χ1v) is 16.6. The molecule has 5 rings (SSSR count). The quantitative estimate of drug-likeness (QED) is 0.343. The van der Waals surface area contributed by atoms with Gasteiger partial charge in [0.2, 0.25) is 11.8 Å². The van der Waals surface area contributed by atoms with E-state index in [2.05, 4.69) is 84.5 Å². The van der Waals surface area contributed by atoms with Crippen LogP contribution in [0.3, 0.4) is 0 Å². The number of piperidine rings is 1. The summed E-state index contributed by atoms with van der Waals surface area (Å²) < 4.78 is 14.9. The van der Waals surface area contributed by atoms with Gasteiger partial charge < -0.3 is 10.2 Å². The zero-order valence-corrected chi connectivity index (χ0v) is 28.8. The first-order valence-electron chi connectivity index (χ1n) is 15.1. The van der Waals surface area contributed by atoms with E-state index < -0.39 is 5.54 Å². The molecule has 0 aromatic heterocycles. The predicted octanol–water partition coefficient (Wildman–Crippen LogP) is 7.17. The first-order chi connectivity index (χ1) is 19.5.